The molecule has 0 unspecified atom stereocenters. The molecule has 0 radical (unpaired) electrons. The van der Waals surface area contributed by atoms with Crippen LogP contribution in [-0.4, -0.2) is 41.5 Å². The number of carbonyl (C=O) groups is 1. The van der Waals surface area contributed by atoms with Crippen LogP contribution in [-0.2, 0) is 9.53 Å². The van der Waals surface area contributed by atoms with E-state index in [1.54, 1.807) is 0 Å². The van der Waals surface area contributed by atoms with Gasteiger partial charge >= 0.3 is 5.97 Å². The third-order valence-corrected chi connectivity index (χ3v) is 2.23. The summed E-state index contributed by atoms with van der Waals surface area (Å²) in [5.74, 6) is -1.20. The van der Waals surface area contributed by atoms with Gasteiger partial charge in [0, 0.05) is 6.04 Å². The van der Waals surface area contributed by atoms with Crippen molar-refractivity contribution >= 4 is 5.97 Å². The lowest BCUT2D eigenvalue weighted by Crippen LogP contribution is -2.36. The summed E-state index contributed by atoms with van der Waals surface area (Å²) in [7, 11) is 1.24. The second-order valence-corrected chi connectivity index (χ2v) is 3.01. The van der Waals surface area contributed by atoms with Crippen LogP contribution in [0.5, 0.6) is 0 Å². The van der Waals surface area contributed by atoms with Gasteiger partial charge in [-0.25, -0.2) is 0 Å². The number of aliphatic hydroxyl groups excluding tert-OH is 2. The van der Waals surface area contributed by atoms with Crippen molar-refractivity contribution in [3.8, 4) is 0 Å². The normalized spacial score (nSPS) is 41.3. The molecule has 0 heterocycles. The Bertz CT molecular complexity index is 184. The average Bonchev–Trinajstić information content (AvgIpc) is 2.32. The van der Waals surface area contributed by atoms with Crippen LogP contribution >= 0.6 is 0 Å². The van der Waals surface area contributed by atoms with Crippen LogP contribution in [0.15, 0.2) is 0 Å². The van der Waals surface area contributed by atoms with E-state index in [0.29, 0.717) is 0 Å². The molecular weight excluding hydrogens is 162 g/mol. The van der Waals surface area contributed by atoms with Crippen molar-refractivity contribution < 1.29 is 19.7 Å². The molecule has 0 saturated heterocycles. The maximum absolute atomic E-state index is 11.0. The van der Waals surface area contributed by atoms with E-state index in [2.05, 4.69) is 4.74 Å². The molecular formula is C7H13NO4. The first kappa shape index (κ1) is 9.44. The molecule has 0 spiro atoms. The van der Waals surface area contributed by atoms with Gasteiger partial charge < -0.3 is 20.7 Å². The molecule has 1 aliphatic rings. The molecule has 0 aromatic heterocycles. The average molecular weight is 175 g/mol. The lowest BCUT2D eigenvalue weighted by Gasteiger charge is -2.13. The van der Waals surface area contributed by atoms with Crippen molar-refractivity contribution in [2.24, 2.45) is 11.7 Å². The van der Waals surface area contributed by atoms with Crippen molar-refractivity contribution in [1.82, 2.24) is 0 Å². The molecule has 12 heavy (non-hydrogen) atoms. The summed E-state index contributed by atoms with van der Waals surface area (Å²) in [6.07, 6.45) is -1.84. The maximum Gasteiger partial charge on any atom is 0.311 e. The van der Waals surface area contributed by atoms with Gasteiger partial charge in [0.05, 0.1) is 25.2 Å². The maximum atomic E-state index is 11.0. The van der Waals surface area contributed by atoms with E-state index in [4.69, 9.17) is 5.73 Å². The Labute approximate surface area is 70.1 Å². The van der Waals surface area contributed by atoms with Crippen molar-refractivity contribution in [2.75, 3.05) is 7.11 Å². The van der Waals surface area contributed by atoms with Gasteiger partial charge in [0.1, 0.15) is 0 Å². The first-order chi connectivity index (χ1) is 5.57. The minimum Gasteiger partial charge on any atom is -0.469 e. The summed E-state index contributed by atoms with van der Waals surface area (Å²) in [6.45, 7) is 0. The monoisotopic (exact) mass is 175 g/mol. The summed E-state index contributed by atoms with van der Waals surface area (Å²) in [6, 6.07) is -0.538. The number of esters is 1. The van der Waals surface area contributed by atoms with E-state index in [-0.39, 0.29) is 6.42 Å². The zero-order chi connectivity index (χ0) is 9.30. The molecule has 0 aromatic rings. The summed E-state index contributed by atoms with van der Waals surface area (Å²) in [4.78, 5) is 11.0. The predicted molar refractivity (Wildman–Crippen MR) is 40.1 cm³/mol. The minimum atomic E-state index is -1.09. The van der Waals surface area contributed by atoms with Gasteiger partial charge in [0.25, 0.3) is 0 Å². The van der Waals surface area contributed by atoms with Crippen molar-refractivity contribution in [3.63, 3.8) is 0 Å². The first-order valence-electron chi connectivity index (χ1n) is 3.77. The molecule has 1 fully saturated rings. The zero-order valence-electron chi connectivity index (χ0n) is 6.80. The predicted octanol–water partition coefficient (Wildman–Crippen LogP) is -1.77. The fourth-order valence-corrected chi connectivity index (χ4v) is 1.45. The lowest BCUT2D eigenvalue weighted by atomic mass is 10.1. The number of aliphatic hydroxyl groups is 2. The molecule has 5 nitrogen and oxygen atoms in total. The highest BCUT2D eigenvalue weighted by Crippen LogP contribution is 2.26. The largest absolute Gasteiger partial charge is 0.469 e. The van der Waals surface area contributed by atoms with E-state index in [1.807, 2.05) is 0 Å². The Kier molecular flexibility index (Phi) is 2.66. The van der Waals surface area contributed by atoms with Crippen LogP contribution in [0.25, 0.3) is 0 Å². The number of ether oxygens (including phenoxy) is 1. The molecule has 4 atom stereocenters. The van der Waals surface area contributed by atoms with Crippen LogP contribution < -0.4 is 5.73 Å². The standard InChI is InChI=1S/C7H13NO4/c1-12-7(11)3-2-4(8)6(10)5(3)9/h3-6,9-10H,2,8H2,1H3/t3-,4-,5+,6-/m0/s1. The lowest BCUT2D eigenvalue weighted by molar-refractivity contribution is -0.149. The molecule has 70 valence electrons. The fourth-order valence-electron chi connectivity index (χ4n) is 1.45. The summed E-state index contributed by atoms with van der Waals surface area (Å²) in [5, 5.41) is 18.5. The highest BCUT2D eigenvalue weighted by atomic mass is 16.5. The van der Waals surface area contributed by atoms with Crippen LogP contribution in [0, 0.1) is 5.92 Å². The molecule has 0 amide bonds. The molecule has 0 bridgehead atoms. The number of rotatable bonds is 1. The van der Waals surface area contributed by atoms with Crippen molar-refractivity contribution in [3.05, 3.63) is 0 Å². The van der Waals surface area contributed by atoms with E-state index in [1.165, 1.54) is 7.11 Å². The Morgan fingerprint density at radius 3 is 2.42 bits per heavy atom. The quantitative estimate of drug-likeness (QED) is 0.410. The Hall–Kier alpha value is -0.650. The number of methoxy groups -OCH3 is 1. The van der Waals surface area contributed by atoms with Gasteiger partial charge in [-0.05, 0) is 6.42 Å². The SMILES string of the molecule is COC(=O)[C@H]1C[C@H](N)[C@H](O)[C@@H]1O. The molecule has 0 aromatic carbocycles. The van der Waals surface area contributed by atoms with Crippen LogP contribution in [0.3, 0.4) is 0 Å². The highest BCUT2D eigenvalue weighted by molar-refractivity contribution is 5.73. The highest BCUT2D eigenvalue weighted by Gasteiger charge is 2.43. The van der Waals surface area contributed by atoms with Crippen LogP contribution in [0.1, 0.15) is 6.42 Å². The number of carbonyl (C=O) groups excluding carboxylic acids is 1. The third-order valence-electron chi connectivity index (χ3n) is 2.23. The van der Waals surface area contributed by atoms with Gasteiger partial charge in [0.2, 0.25) is 0 Å². The second-order valence-electron chi connectivity index (χ2n) is 3.01. The number of hydrogen-bond donors (Lipinski definition) is 3. The van der Waals surface area contributed by atoms with E-state index >= 15 is 0 Å². The molecule has 4 N–H and O–H groups in total. The molecule has 1 saturated carbocycles. The Morgan fingerprint density at radius 1 is 1.50 bits per heavy atom. The second kappa shape index (κ2) is 3.38. The Balaban J connectivity index is 2.64. The first-order valence-corrected chi connectivity index (χ1v) is 3.77. The minimum absolute atomic E-state index is 0.273. The van der Waals surface area contributed by atoms with Gasteiger partial charge in [-0.1, -0.05) is 0 Å². The summed E-state index contributed by atoms with van der Waals surface area (Å²) < 4.78 is 4.44. The summed E-state index contributed by atoms with van der Waals surface area (Å²) in [5.41, 5.74) is 5.43. The van der Waals surface area contributed by atoms with Gasteiger partial charge in [-0.2, -0.15) is 0 Å². The number of nitrogens with two attached hydrogens (primary N) is 1. The fraction of sp³-hybridized carbons (Fsp3) is 0.857. The third kappa shape index (κ3) is 1.43. The van der Waals surface area contributed by atoms with Crippen molar-refractivity contribution in [2.45, 2.75) is 24.7 Å². The Morgan fingerprint density at radius 2 is 2.08 bits per heavy atom. The zero-order valence-corrected chi connectivity index (χ0v) is 6.80. The smallest absolute Gasteiger partial charge is 0.311 e. The summed E-state index contributed by atoms with van der Waals surface area (Å²) >= 11 is 0. The topological polar surface area (TPSA) is 92.8 Å². The van der Waals surface area contributed by atoms with Gasteiger partial charge in [-0.15, -0.1) is 0 Å². The molecule has 1 rings (SSSR count). The van der Waals surface area contributed by atoms with Crippen molar-refractivity contribution in [1.29, 1.82) is 0 Å². The number of hydrogen-bond acceptors (Lipinski definition) is 5. The van der Waals surface area contributed by atoms with Crippen LogP contribution in [0.4, 0.5) is 0 Å². The van der Waals surface area contributed by atoms with Crippen LogP contribution in [0.2, 0.25) is 0 Å². The van der Waals surface area contributed by atoms with Gasteiger partial charge in [0.15, 0.2) is 0 Å². The molecule has 1 aliphatic carbocycles. The molecule has 0 aliphatic heterocycles. The van der Waals surface area contributed by atoms with E-state index in [0.717, 1.165) is 0 Å². The van der Waals surface area contributed by atoms with E-state index < -0.39 is 30.1 Å². The molecule has 5 heteroatoms. The van der Waals surface area contributed by atoms with Gasteiger partial charge in [-0.3, -0.25) is 4.79 Å². The van der Waals surface area contributed by atoms with E-state index in [9.17, 15) is 15.0 Å².